The Morgan fingerprint density at radius 1 is 0.859 bits per heavy atom. The number of hydrogen-bond donors (Lipinski definition) is 0. The molecule has 0 bridgehead atoms. The van der Waals surface area contributed by atoms with Crippen LogP contribution in [0.2, 0.25) is 10.0 Å². The summed E-state index contributed by atoms with van der Waals surface area (Å²) >= 11 is 12.3. The van der Waals surface area contributed by atoms with E-state index in [1.165, 1.54) is 12.1 Å². The van der Waals surface area contributed by atoms with Gasteiger partial charge in [0.05, 0.1) is 40.7 Å². The highest BCUT2D eigenvalue weighted by molar-refractivity contribution is 6.34. The van der Waals surface area contributed by atoms with E-state index in [1.807, 2.05) is 6.07 Å². The van der Waals surface area contributed by atoms with Gasteiger partial charge in [0.1, 0.15) is 29.0 Å². The number of ether oxygens (including phenoxy) is 5. The van der Waals surface area contributed by atoms with Crippen LogP contribution in [0.25, 0.3) is 16.8 Å². The molecule has 5 rings (SSSR count). The largest absolute Gasteiger partial charge is 0.573 e. The van der Waals surface area contributed by atoms with Crippen molar-refractivity contribution in [1.29, 1.82) is 5.26 Å². The third-order valence-electron chi connectivity index (χ3n) is 9.66. The molecule has 3 aromatic rings. The Hall–Kier alpha value is -5.50. The van der Waals surface area contributed by atoms with Crippen molar-refractivity contribution in [1.82, 2.24) is 14.7 Å². The zero-order valence-corrected chi connectivity index (χ0v) is 34.9. The molecule has 13 nitrogen and oxygen atoms in total. The van der Waals surface area contributed by atoms with Crippen LogP contribution in [0.1, 0.15) is 81.6 Å². The molecule has 0 unspecified atom stereocenters. The van der Waals surface area contributed by atoms with Crippen molar-refractivity contribution in [2.45, 2.75) is 113 Å². The smallest absolute Gasteiger partial charge is 0.460 e. The first-order valence-electron chi connectivity index (χ1n) is 18.7. The Morgan fingerprint density at radius 2 is 1.47 bits per heavy atom. The first-order chi connectivity index (χ1) is 29.5. The average molecular weight is 964 g/mol. The van der Waals surface area contributed by atoms with E-state index in [1.54, 1.807) is 20.8 Å². The summed E-state index contributed by atoms with van der Waals surface area (Å²) in [5, 5.41) is 12.3. The highest BCUT2D eigenvalue weighted by Gasteiger charge is 2.73. The van der Waals surface area contributed by atoms with Crippen LogP contribution < -0.4 is 4.74 Å². The molecule has 0 N–H and O–H groups in total. The number of carbonyl (C=O) groups excluding carboxylic acids is 4. The highest BCUT2D eigenvalue weighted by atomic mass is 35.5. The molecule has 0 spiro atoms. The van der Waals surface area contributed by atoms with Crippen LogP contribution in [0, 0.1) is 11.3 Å². The summed E-state index contributed by atoms with van der Waals surface area (Å²) in [7, 11) is 0. The maximum absolute atomic E-state index is 14.9. The molecule has 0 radical (unpaired) electrons. The fourth-order valence-corrected chi connectivity index (χ4v) is 6.99. The van der Waals surface area contributed by atoms with Gasteiger partial charge in [0.2, 0.25) is 0 Å². The van der Waals surface area contributed by atoms with Crippen LogP contribution in [0.5, 0.6) is 5.75 Å². The number of amides is 1. The van der Waals surface area contributed by atoms with E-state index in [0.717, 1.165) is 23.4 Å². The molecule has 1 amide bonds. The number of hydrogen-bond acceptors (Lipinski definition) is 11. The van der Waals surface area contributed by atoms with Gasteiger partial charge in [-0.05, 0) is 82.7 Å². The van der Waals surface area contributed by atoms with Crippen LogP contribution in [-0.4, -0.2) is 87.5 Å². The number of nitrogens with zero attached hydrogens (tertiary/aromatic N) is 4. The lowest BCUT2D eigenvalue weighted by molar-refractivity contribution is -0.348. The third-order valence-corrected chi connectivity index (χ3v) is 10.3. The number of carbonyl (C=O) groups is 4. The van der Waals surface area contributed by atoms with Gasteiger partial charge in [0.15, 0.2) is 12.5 Å². The van der Waals surface area contributed by atoms with Crippen LogP contribution >= 0.6 is 23.2 Å². The SMILES string of the molecule is CC(C)(C)OC(=O)CCC(=O)O[C@@H]1CCC[C@@H]1OC(=O)OCN(C(=O)c1cc(-c2cnn(-c3c(Cl)cc(C(F)(C(F)(F)F)C(F)(F)F)cc3OC(F)(F)F)c2)ccc1Cl)C1(C#N)CC1. The quantitative estimate of drug-likeness (QED) is 0.0694. The minimum Gasteiger partial charge on any atom is -0.460 e. The van der Waals surface area contributed by atoms with Gasteiger partial charge in [0.25, 0.3) is 5.91 Å². The summed E-state index contributed by atoms with van der Waals surface area (Å²) < 4.78 is 162. The van der Waals surface area contributed by atoms with Gasteiger partial charge in [-0.15, -0.1) is 13.2 Å². The molecule has 2 aromatic carbocycles. The van der Waals surface area contributed by atoms with Gasteiger partial charge < -0.3 is 23.7 Å². The second-order valence-electron chi connectivity index (χ2n) is 15.5. The molecule has 348 valence electrons. The Labute approximate surface area is 366 Å². The molecule has 2 fully saturated rings. The summed E-state index contributed by atoms with van der Waals surface area (Å²) in [4.78, 5) is 52.2. The number of benzene rings is 2. The summed E-state index contributed by atoms with van der Waals surface area (Å²) in [6.07, 6.45) is -19.7. The predicted molar refractivity (Wildman–Crippen MR) is 199 cm³/mol. The predicted octanol–water partition coefficient (Wildman–Crippen LogP) is 10.2. The van der Waals surface area contributed by atoms with E-state index in [2.05, 4.69) is 9.84 Å². The number of nitriles is 1. The molecular weight excluding hydrogens is 929 g/mol. The fourth-order valence-electron chi connectivity index (χ4n) is 6.49. The van der Waals surface area contributed by atoms with Crippen LogP contribution in [-0.2, 0) is 34.2 Å². The highest BCUT2D eigenvalue weighted by Crippen LogP contribution is 2.55. The minimum absolute atomic E-state index is 0.0250. The Morgan fingerprint density at radius 3 is 2.03 bits per heavy atom. The molecule has 64 heavy (non-hydrogen) atoms. The summed E-state index contributed by atoms with van der Waals surface area (Å²) in [5.74, 6) is -4.12. The molecule has 0 aliphatic heterocycles. The van der Waals surface area contributed by atoms with Crippen molar-refractivity contribution in [2.75, 3.05) is 6.73 Å². The third kappa shape index (κ3) is 11.2. The zero-order chi connectivity index (χ0) is 47.8. The van der Waals surface area contributed by atoms with E-state index in [4.69, 9.17) is 42.1 Å². The molecule has 2 aliphatic carbocycles. The number of esters is 2. The summed E-state index contributed by atoms with van der Waals surface area (Å²) in [6.45, 7) is 4.13. The number of halogens is 12. The van der Waals surface area contributed by atoms with Crippen LogP contribution in [0.15, 0.2) is 42.7 Å². The second-order valence-corrected chi connectivity index (χ2v) is 16.3. The molecular formula is C39H34Cl2F10N4O9. The van der Waals surface area contributed by atoms with Crippen molar-refractivity contribution in [3.8, 4) is 28.6 Å². The standard InChI is InChI=1S/C39H34Cl2F10N4O9/c1-34(2,3)64-30(57)10-9-29(56)61-26-5-4-6-27(26)62-33(59)60-19-54(35(18-52)11-12-35)32(58)23-13-20(7-8-24(23)40)21-16-53-55(17-21)31-25(41)14-22(15-28(31)63-39(49,50)51)36(42,37(43,44)45)38(46,47)48/h7-8,13-17,26-27H,4-6,9-12,19H2,1-3H3/t26-,27+/m1/s1. The van der Waals surface area contributed by atoms with E-state index in [9.17, 15) is 68.3 Å². The van der Waals surface area contributed by atoms with Gasteiger partial charge in [-0.2, -0.15) is 36.7 Å². The number of alkyl halides is 10. The van der Waals surface area contributed by atoms with Crippen molar-refractivity contribution in [2.24, 2.45) is 0 Å². The normalized spacial score (nSPS) is 17.5. The van der Waals surface area contributed by atoms with Gasteiger partial charge in [0, 0.05) is 17.3 Å². The molecule has 25 heteroatoms. The van der Waals surface area contributed by atoms with Crippen LogP contribution in [0.3, 0.4) is 0 Å². The monoisotopic (exact) mass is 962 g/mol. The number of aromatic nitrogens is 2. The molecule has 1 aromatic heterocycles. The molecule has 2 saturated carbocycles. The lowest BCUT2D eigenvalue weighted by atomic mass is 9.93. The number of rotatable bonds is 13. The van der Waals surface area contributed by atoms with Crippen molar-refractivity contribution < 1.29 is 86.8 Å². The zero-order valence-electron chi connectivity index (χ0n) is 33.4. The molecule has 2 atom stereocenters. The first-order valence-corrected chi connectivity index (χ1v) is 19.5. The summed E-state index contributed by atoms with van der Waals surface area (Å²) in [5.41, 5.74) is -12.2. The first kappa shape index (κ1) is 49.5. The van der Waals surface area contributed by atoms with Gasteiger partial charge in [-0.3, -0.25) is 19.3 Å². The summed E-state index contributed by atoms with van der Waals surface area (Å²) in [6, 6.07) is 4.92. The van der Waals surface area contributed by atoms with E-state index >= 15 is 0 Å². The Bertz CT molecular complexity index is 2310. The second kappa shape index (κ2) is 18.2. The van der Waals surface area contributed by atoms with Crippen molar-refractivity contribution in [3.05, 3.63) is 63.9 Å². The lowest BCUT2D eigenvalue weighted by Crippen LogP contribution is -2.50. The van der Waals surface area contributed by atoms with Crippen molar-refractivity contribution >= 4 is 47.2 Å². The van der Waals surface area contributed by atoms with Gasteiger partial charge >= 0.3 is 42.5 Å². The maximum atomic E-state index is 14.9. The van der Waals surface area contributed by atoms with E-state index in [0.29, 0.717) is 17.5 Å². The molecule has 2 aliphatic rings. The van der Waals surface area contributed by atoms with Crippen molar-refractivity contribution in [3.63, 3.8) is 0 Å². The van der Waals surface area contributed by atoms with Gasteiger partial charge in [-0.1, -0.05) is 29.3 Å². The topological polar surface area (TPSA) is 159 Å². The Kier molecular flexibility index (Phi) is 14.1. The van der Waals surface area contributed by atoms with Crippen LogP contribution in [0.4, 0.5) is 48.7 Å². The molecule has 0 saturated heterocycles. The maximum Gasteiger partial charge on any atom is 0.573 e. The van der Waals surface area contributed by atoms with E-state index in [-0.39, 0.29) is 59.9 Å². The Balaban J connectivity index is 1.35. The fraction of sp³-hybridized carbons (Fsp3) is 0.487. The lowest BCUT2D eigenvalue weighted by Gasteiger charge is -2.31. The van der Waals surface area contributed by atoms with Gasteiger partial charge in [-0.25, -0.2) is 13.9 Å². The molecule has 1 heterocycles. The van der Waals surface area contributed by atoms with E-state index < -0.39 is 107 Å². The minimum atomic E-state index is -6.71. The average Bonchev–Trinajstić information content (AvgIpc) is 3.58.